The minimum absolute atomic E-state index is 0.0301. The Morgan fingerprint density at radius 3 is 2.69 bits per heavy atom. The molecule has 0 aliphatic carbocycles. The third kappa shape index (κ3) is 2.70. The fourth-order valence-corrected chi connectivity index (χ4v) is 3.66. The normalized spacial score (nSPS) is 11.0. The molecule has 4 aromatic rings. The monoisotopic (exact) mass is 366 g/mol. The average molecular weight is 366 g/mol. The van der Waals surface area contributed by atoms with E-state index in [1.165, 1.54) is 17.4 Å². The first-order valence-electron chi connectivity index (χ1n) is 7.85. The summed E-state index contributed by atoms with van der Waals surface area (Å²) in [6.45, 7) is 3.37. The molecule has 1 aromatic carbocycles. The first kappa shape index (κ1) is 16.2. The van der Waals surface area contributed by atoms with Gasteiger partial charge in [-0.2, -0.15) is 0 Å². The molecule has 3 heterocycles. The number of aromatic nitrogens is 3. The minimum Gasteiger partial charge on any atom is -0.351 e. The number of nitrogens with one attached hydrogen (secondary N) is 1. The highest BCUT2D eigenvalue weighted by Crippen LogP contribution is 2.30. The second-order valence-electron chi connectivity index (χ2n) is 5.77. The fourth-order valence-electron chi connectivity index (χ4n) is 2.68. The Morgan fingerprint density at radius 2 is 2.00 bits per heavy atom. The van der Waals surface area contributed by atoms with Crippen molar-refractivity contribution in [3.05, 3.63) is 69.4 Å². The van der Waals surface area contributed by atoms with E-state index in [0.29, 0.717) is 21.7 Å². The fraction of sp³-hybridized carbons (Fsp3) is 0.111. The second-order valence-corrected chi connectivity index (χ2v) is 6.63. The molecule has 130 valence electrons. The van der Waals surface area contributed by atoms with Gasteiger partial charge in [0.05, 0.1) is 11.1 Å². The number of carbonyl (C=O) groups is 1. The van der Waals surface area contributed by atoms with E-state index in [0.717, 1.165) is 15.8 Å². The number of thiophene rings is 1. The quantitative estimate of drug-likeness (QED) is 0.602. The number of amides is 1. The van der Waals surface area contributed by atoms with Crippen LogP contribution in [0.3, 0.4) is 0 Å². The topological polar surface area (TPSA) is 90.0 Å². The van der Waals surface area contributed by atoms with E-state index in [4.69, 9.17) is 4.52 Å². The number of aryl methyl sites for hydroxylation is 2. The molecule has 7 nitrogen and oxygen atoms in total. The number of rotatable bonds is 3. The lowest BCUT2D eigenvalue weighted by Gasteiger charge is -2.10. The van der Waals surface area contributed by atoms with Crippen molar-refractivity contribution in [3.63, 3.8) is 0 Å². The van der Waals surface area contributed by atoms with Gasteiger partial charge in [0.25, 0.3) is 5.56 Å². The predicted octanol–water partition coefficient (Wildman–Crippen LogP) is 3.11. The van der Waals surface area contributed by atoms with Crippen LogP contribution in [0.5, 0.6) is 0 Å². The number of fused-ring (bicyclic) bond motifs is 1. The molecule has 0 radical (unpaired) electrons. The van der Waals surface area contributed by atoms with E-state index in [1.54, 1.807) is 13.8 Å². The van der Waals surface area contributed by atoms with E-state index in [9.17, 15) is 9.59 Å². The van der Waals surface area contributed by atoms with Gasteiger partial charge in [-0.1, -0.05) is 35.5 Å². The Kier molecular flexibility index (Phi) is 3.89. The Morgan fingerprint density at radius 1 is 1.23 bits per heavy atom. The van der Waals surface area contributed by atoms with Gasteiger partial charge in [0, 0.05) is 17.0 Å². The molecule has 0 aliphatic rings. The summed E-state index contributed by atoms with van der Waals surface area (Å²) in [6, 6.07) is 11.1. The summed E-state index contributed by atoms with van der Waals surface area (Å²) in [5.74, 6) is -0.149. The molecule has 0 bridgehead atoms. The molecule has 8 heteroatoms. The van der Waals surface area contributed by atoms with Gasteiger partial charge in [0.15, 0.2) is 0 Å². The Balaban J connectivity index is 1.83. The van der Waals surface area contributed by atoms with Gasteiger partial charge in [-0.15, -0.1) is 11.3 Å². The van der Waals surface area contributed by atoms with Crippen molar-refractivity contribution >= 4 is 27.5 Å². The highest BCUT2D eigenvalue weighted by Gasteiger charge is 2.18. The lowest BCUT2D eigenvalue weighted by molar-refractivity contribution is 0.0971. The van der Waals surface area contributed by atoms with Crippen molar-refractivity contribution in [3.8, 4) is 11.1 Å². The standard InChI is InChI=1S/C18H14N4O3S/c1-10-8-14(25-21-10)16(23)20-22-11(2)19-17-15(18(22)24)13(9-26-17)12-6-4-3-5-7-12/h3-9H,1-2H3,(H,20,23). The van der Waals surface area contributed by atoms with Gasteiger partial charge in [-0.25, -0.2) is 9.66 Å². The molecule has 26 heavy (non-hydrogen) atoms. The average Bonchev–Trinajstić information content (AvgIpc) is 3.25. The highest BCUT2D eigenvalue weighted by atomic mass is 32.1. The van der Waals surface area contributed by atoms with Crippen LogP contribution < -0.4 is 11.0 Å². The van der Waals surface area contributed by atoms with Crippen molar-refractivity contribution in [2.24, 2.45) is 0 Å². The maximum absolute atomic E-state index is 13.0. The summed E-state index contributed by atoms with van der Waals surface area (Å²) < 4.78 is 6.09. The van der Waals surface area contributed by atoms with Crippen LogP contribution in [0.1, 0.15) is 22.1 Å². The zero-order chi connectivity index (χ0) is 18.3. The molecular weight excluding hydrogens is 352 g/mol. The van der Waals surface area contributed by atoms with Crippen LogP contribution in [0, 0.1) is 13.8 Å². The van der Waals surface area contributed by atoms with E-state index < -0.39 is 5.91 Å². The number of nitrogens with zero attached hydrogens (tertiary/aromatic N) is 3. The zero-order valence-electron chi connectivity index (χ0n) is 14.0. The van der Waals surface area contributed by atoms with Crippen LogP contribution in [-0.2, 0) is 0 Å². The lowest BCUT2D eigenvalue weighted by atomic mass is 10.1. The van der Waals surface area contributed by atoms with Crippen LogP contribution in [-0.4, -0.2) is 20.7 Å². The molecule has 0 fully saturated rings. The summed E-state index contributed by atoms with van der Waals surface area (Å²) in [5, 5.41) is 6.06. The molecule has 0 atom stereocenters. The Hall–Kier alpha value is -3.26. The molecule has 0 aliphatic heterocycles. The SMILES string of the molecule is Cc1cc(C(=O)Nn2c(C)nc3scc(-c4ccccc4)c3c2=O)on1. The van der Waals surface area contributed by atoms with Crippen molar-refractivity contribution in [2.45, 2.75) is 13.8 Å². The van der Waals surface area contributed by atoms with Gasteiger partial charge >= 0.3 is 5.91 Å². The summed E-state index contributed by atoms with van der Waals surface area (Å²) in [7, 11) is 0. The highest BCUT2D eigenvalue weighted by molar-refractivity contribution is 7.17. The van der Waals surface area contributed by atoms with E-state index in [-0.39, 0.29) is 11.3 Å². The van der Waals surface area contributed by atoms with E-state index >= 15 is 0 Å². The summed E-state index contributed by atoms with van der Waals surface area (Å²) >= 11 is 1.40. The molecule has 1 N–H and O–H groups in total. The van der Waals surface area contributed by atoms with Gasteiger partial charge in [0.1, 0.15) is 10.7 Å². The zero-order valence-corrected chi connectivity index (χ0v) is 14.8. The van der Waals surface area contributed by atoms with E-state index in [2.05, 4.69) is 15.6 Å². The molecule has 0 saturated carbocycles. The van der Waals surface area contributed by atoms with Crippen LogP contribution in [0.4, 0.5) is 0 Å². The van der Waals surface area contributed by atoms with Crippen LogP contribution in [0.15, 0.2) is 51.1 Å². The number of carbonyl (C=O) groups excluding carboxylic acids is 1. The van der Waals surface area contributed by atoms with E-state index in [1.807, 2.05) is 35.7 Å². The van der Waals surface area contributed by atoms with Crippen molar-refractivity contribution in [2.75, 3.05) is 5.43 Å². The van der Waals surface area contributed by atoms with Gasteiger partial charge in [-0.3, -0.25) is 15.0 Å². The maximum atomic E-state index is 13.0. The largest absolute Gasteiger partial charge is 0.351 e. The number of hydrogen-bond acceptors (Lipinski definition) is 6. The van der Waals surface area contributed by atoms with Crippen LogP contribution in [0.2, 0.25) is 0 Å². The van der Waals surface area contributed by atoms with Crippen LogP contribution in [0.25, 0.3) is 21.3 Å². The summed E-state index contributed by atoms with van der Waals surface area (Å²) in [5.41, 5.74) is 4.50. The second kappa shape index (κ2) is 6.23. The van der Waals surface area contributed by atoms with Gasteiger partial charge in [0.2, 0.25) is 5.76 Å². The van der Waals surface area contributed by atoms with Crippen LogP contribution >= 0.6 is 11.3 Å². The van der Waals surface area contributed by atoms with Gasteiger partial charge in [-0.05, 0) is 19.4 Å². The third-order valence-electron chi connectivity index (χ3n) is 3.93. The molecule has 1 amide bonds. The first-order chi connectivity index (χ1) is 12.5. The number of benzene rings is 1. The molecule has 0 spiro atoms. The molecule has 3 aromatic heterocycles. The maximum Gasteiger partial charge on any atom is 0.308 e. The predicted molar refractivity (Wildman–Crippen MR) is 99.0 cm³/mol. The summed E-state index contributed by atoms with van der Waals surface area (Å²) in [6.07, 6.45) is 0. The van der Waals surface area contributed by atoms with Crippen molar-refractivity contribution < 1.29 is 9.32 Å². The van der Waals surface area contributed by atoms with Crippen molar-refractivity contribution in [1.29, 1.82) is 0 Å². The van der Waals surface area contributed by atoms with Gasteiger partial charge < -0.3 is 4.52 Å². The first-order valence-corrected chi connectivity index (χ1v) is 8.73. The smallest absolute Gasteiger partial charge is 0.308 e. The third-order valence-corrected chi connectivity index (χ3v) is 4.80. The summed E-state index contributed by atoms with van der Waals surface area (Å²) in [4.78, 5) is 30.5. The number of hydrogen-bond donors (Lipinski definition) is 1. The Labute approximate surface area is 151 Å². The lowest BCUT2D eigenvalue weighted by Crippen LogP contribution is -2.35. The van der Waals surface area contributed by atoms with Crippen molar-refractivity contribution in [1.82, 2.24) is 14.8 Å². The Bertz CT molecular complexity index is 1170. The molecular formula is C18H14N4O3S. The molecule has 0 unspecified atom stereocenters. The molecule has 4 rings (SSSR count). The minimum atomic E-state index is -0.562. The molecule has 0 saturated heterocycles.